The molecule has 2 aromatic carbocycles. The molecule has 0 spiro atoms. The molecule has 0 saturated heterocycles. The molecular weight excluding hydrogens is 346 g/mol. The molecule has 1 heterocycles. The lowest BCUT2D eigenvalue weighted by molar-refractivity contribution is -0.113. The summed E-state index contributed by atoms with van der Waals surface area (Å²) in [7, 11) is 0. The number of rotatable bonds is 6. The third kappa shape index (κ3) is 4.14. The Balaban J connectivity index is 1.29. The number of hydrogen-bond acceptors (Lipinski definition) is 5. The SMILES string of the molecule is O=C(CSc1nnc(Cc2ccccc2)o1)Nc1ccc2c(c1)CCC2. The van der Waals surface area contributed by atoms with Gasteiger partial charge in [-0.05, 0) is 48.1 Å². The Labute approximate surface area is 156 Å². The van der Waals surface area contributed by atoms with Gasteiger partial charge in [0.15, 0.2) is 0 Å². The quantitative estimate of drug-likeness (QED) is 0.672. The van der Waals surface area contributed by atoms with Crippen molar-refractivity contribution < 1.29 is 9.21 Å². The molecular formula is C20H19N3O2S. The van der Waals surface area contributed by atoms with Gasteiger partial charge in [-0.15, -0.1) is 10.2 Å². The minimum absolute atomic E-state index is 0.0734. The molecule has 1 aliphatic carbocycles. The molecule has 0 unspecified atom stereocenters. The van der Waals surface area contributed by atoms with E-state index in [1.165, 1.54) is 29.3 Å². The molecule has 1 aromatic heterocycles. The highest BCUT2D eigenvalue weighted by atomic mass is 32.2. The summed E-state index contributed by atoms with van der Waals surface area (Å²) in [5.74, 6) is 0.720. The van der Waals surface area contributed by atoms with Gasteiger partial charge in [0.1, 0.15) is 0 Å². The number of benzene rings is 2. The highest BCUT2D eigenvalue weighted by Gasteiger charge is 2.13. The van der Waals surface area contributed by atoms with Crippen molar-refractivity contribution >= 4 is 23.4 Å². The van der Waals surface area contributed by atoms with Gasteiger partial charge in [-0.3, -0.25) is 4.79 Å². The van der Waals surface area contributed by atoms with E-state index in [1.54, 1.807) is 0 Å². The van der Waals surface area contributed by atoms with Gasteiger partial charge in [-0.2, -0.15) is 0 Å². The summed E-state index contributed by atoms with van der Waals surface area (Å²) in [5, 5.41) is 11.4. The van der Waals surface area contributed by atoms with Gasteiger partial charge < -0.3 is 9.73 Å². The van der Waals surface area contributed by atoms with Crippen LogP contribution in [0.2, 0.25) is 0 Å². The highest BCUT2D eigenvalue weighted by molar-refractivity contribution is 7.99. The first-order valence-corrected chi connectivity index (χ1v) is 9.65. The summed E-state index contributed by atoms with van der Waals surface area (Å²) < 4.78 is 5.61. The molecule has 132 valence electrons. The molecule has 0 aliphatic heterocycles. The van der Waals surface area contributed by atoms with Gasteiger partial charge >= 0.3 is 0 Å². The van der Waals surface area contributed by atoms with E-state index in [4.69, 9.17) is 4.42 Å². The average molecular weight is 365 g/mol. The Morgan fingerprint density at radius 3 is 2.81 bits per heavy atom. The summed E-state index contributed by atoms with van der Waals surface area (Å²) in [6, 6.07) is 16.1. The summed E-state index contributed by atoms with van der Waals surface area (Å²) in [6.45, 7) is 0. The Hall–Kier alpha value is -2.60. The van der Waals surface area contributed by atoms with Crippen LogP contribution in [0.4, 0.5) is 5.69 Å². The fourth-order valence-corrected chi connectivity index (χ4v) is 3.69. The number of fused-ring (bicyclic) bond motifs is 1. The number of hydrogen-bond donors (Lipinski definition) is 1. The normalized spacial score (nSPS) is 12.8. The molecule has 1 N–H and O–H groups in total. The lowest BCUT2D eigenvalue weighted by Crippen LogP contribution is -2.14. The van der Waals surface area contributed by atoms with E-state index >= 15 is 0 Å². The molecule has 0 bridgehead atoms. The fraction of sp³-hybridized carbons (Fsp3) is 0.250. The van der Waals surface area contributed by atoms with Crippen molar-refractivity contribution in [3.05, 3.63) is 71.1 Å². The van der Waals surface area contributed by atoms with E-state index in [9.17, 15) is 4.79 Å². The van der Waals surface area contributed by atoms with E-state index in [0.717, 1.165) is 24.1 Å². The molecule has 1 aliphatic rings. The number of aromatic nitrogens is 2. The predicted molar refractivity (Wildman–Crippen MR) is 101 cm³/mol. The second kappa shape index (κ2) is 7.74. The number of amides is 1. The summed E-state index contributed by atoms with van der Waals surface area (Å²) in [6.07, 6.45) is 4.03. The number of aryl methyl sites for hydroxylation is 2. The number of carbonyl (C=O) groups is 1. The van der Waals surface area contributed by atoms with Crippen molar-refractivity contribution in [2.24, 2.45) is 0 Å². The van der Waals surface area contributed by atoms with Gasteiger partial charge in [-0.25, -0.2) is 0 Å². The maximum Gasteiger partial charge on any atom is 0.277 e. The maximum absolute atomic E-state index is 12.2. The maximum atomic E-state index is 12.2. The van der Waals surface area contributed by atoms with E-state index in [1.807, 2.05) is 36.4 Å². The van der Waals surface area contributed by atoms with Crippen LogP contribution in [0.1, 0.15) is 29.0 Å². The number of carbonyl (C=O) groups excluding carboxylic acids is 1. The second-order valence-corrected chi connectivity index (χ2v) is 7.22. The van der Waals surface area contributed by atoms with Crippen LogP contribution >= 0.6 is 11.8 Å². The molecule has 4 rings (SSSR count). The molecule has 0 radical (unpaired) electrons. The molecule has 26 heavy (non-hydrogen) atoms. The topological polar surface area (TPSA) is 68.0 Å². The fourth-order valence-electron chi connectivity index (χ4n) is 3.11. The van der Waals surface area contributed by atoms with Gasteiger partial charge in [0.05, 0.1) is 12.2 Å². The molecule has 1 amide bonds. The standard InChI is InChI=1S/C20H19N3O2S/c24-18(21-17-10-9-15-7-4-8-16(15)12-17)13-26-20-23-22-19(25-20)11-14-5-2-1-3-6-14/h1-3,5-6,9-10,12H,4,7-8,11,13H2,(H,21,24). The molecule has 5 nitrogen and oxygen atoms in total. The van der Waals surface area contributed by atoms with Crippen molar-refractivity contribution in [1.82, 2.24) is 10.2 Å². The summed E-state index contributed by atoms with van der Waals surface area (Å²) in [4.78, 5) is 12.2. The third-order valence-electron chi connectivity index (χ3n) is 4.36. The van der Waals surface area contributed by atoms with E-state index in [-0.39, 0.29) is 11.7 Å². The Morgan fingerprint density at radius 2 is 1.92 bits per heavy atom. The zero-order chi connectivity index (χ0) is 17.8. The largest absolute Gasteiger partial charge is 0.416 e. The predicted octanol–water partition coefficient (Wildman–Crippen LogP) is 3.88. The highest BCUT2D eigenvalue weighted by Crippen LogP contribution is 2.25. The molecule has 3 aromatic rings. The van der Waals surface area contributed by atoms with Crippen LogP contribution < -0.4 is 5.32 Å². The van der Waals surface area contributed by atoms with Gasteiger partial charge in [0, 0.05) is 5.69 Å². The lowest BCUT2D eigenvalue weighted by atomic mass is 10.1. The van der Waals surface area contributed by atoms with Gasteiger partial charge in [0.25, 0.3) is 5.22 Å². The second-order valence-electron chi connectivity index (χ2n) is 6.30. The number of nitrogens with one attached hydrogen (secondary N) is 1. The van der Waals surface area contributed by atoms with E-state index in [2.05, 4.69) is 27.6 Å². The molecule has 0 saturated carbocycles. The number of nitrogens with zero attached hydrogens (tertiary/aromatic N) is 2. The minimum atomic E-state index is -0.0734. The average Bonchev–Trinajstić information content (AvgIpc) is 3.29. The van der Waals surface area contributed by atoms with Crippen molar-refractivity contribution in [1.29, 1.82) is 0 Å². The molecule has 0 fully saturated rings. The zero-order valence-corrected chi connectivity index (χ0v) is 15.1. The van der Waals surface area contributed by atoms with Crippen LogP contribution in [-0.4, -0.2) is 21.9 Å². The zero-order valence-electron chi connectivity index (χ0n) is 14.3. The van der Waals surface area contributed by atoms with Crippen LogP contribution in [0, 0.1) is 0 Å². The monoisotopic (exact) mass is 365 g/mol. The first-order chi connectivity index (χ1) is 12.8. The van der Waals surface area contributed by atoms with Crippen molar-refractivity contribution in [2.75, 3.05) is 11.1 Å². The number of thioether (sulfide) groups is 1. The lowest BCUT2D eigenvalue weighted by Gasteiger charge is -2.06. The van der Waals surface area contributed by atoms with Crippen molar-refractivity contribution in [2.45, 2.75) is 30.9 Å². The van der Waals surface area contributed by atoms with Crippen LogP contribution in [0.25, 0.3) is 0 Å². The van der Waals surface area contributed by atoms with E-state index < -0.39 is 0 Å². The Bertz CT molecular complexity index is 908. The van der Waals surface area contributed by atoms with Gasteiger partial charge in [-0.1, -0.05) is 48.2 Å². The van der Waals surface area contributed by atoms with Gasteiger partial charge in [0.2, 0.25) is 11.8 Å². The van der Waals surface area contributed by atoms with Crippen LogP contribution in [0.15, 0.2) is 58.2 Å². The summed E-state index contributed by atoms with van der Waals surface area (Å²) in [5.41, 5.74) is 4.71. The Kier molecular flexibility index (Phi) is 5.02. The van der Waals surface area contributed by atoms with Crippen LogP contribution in [-0.2, 0) is 24.1 Å². The van der Waals surface area contributed by atoms with Crippen molar-refractivity contribution in [3.8, 4) is 0 Å². The number of anilines is 1. The molecule has 0 atom stereocenters. The van der Waals surface area contributed by atoms with Crippen LogP contribution in [0.3, 0.4) is 0 Å². The third-order valence-corrected chi connectivity index (χ3v) is 5.17. The van der Waals surface area contributed by atoms with Crippen molar-refractivity contribution in [3.63, 3.8) is 0 Å². The first kappa shape index (κ1) is 16.8. The van der Waals surface area contributed by atoms with E-state index in [0.29, 0.717) is 17.5 Å². The minimum Gasteiger partial charge on any atom is -0.416 e. The smallest absolute Gasteiger partial charge is 0.277 e. The van der Waals surface area contributed by atoms with Crippen LogP contribution in [0.5, 0.6) is 0 Å². The first-order valence-electron chi connectivity index (χ1n) is 8.67. The Morgan fingerprint density at radius 1 is 1.08 bits per heavy atom. The summed E-state index contributed by atoms with van der Waals surface area (Å²) >= 11 is 1.25. The molecule has 6 heteroatoms.